The predicted octanol–water partition coefficient (Wildman–Crippen LogP) is 2.91. The third-order valence-corrected chi connectivity index (χ3v) is 8.37. The topological polar surface area (TPSA) is 113 Å². The van der Waals surface area contributed by atoms with Gasteiger partial charge in [0.25, 0.3) is 5.91 Å². The van der Waals surface area contributed by atoms with Crippen LogP contribution in [0.1, 0.15) is 27.2 Å². The molecule has 33 heavy (non-hydrogen) atoms. The second kappa shape index (κ2) is 11.0. The maximum Gasteiger partial charge on any atom is 0.265 e. The highest BCUT2D eigenvalue weighted by molar-refractivity contribution is 7.92. The fourth-order valence-corrected chi connectivity index (χ4v) is 5.02. The standard InChI is InChI=1S/C22H31N3O6S2/c1-6-21(31-19-13-11-18(12-14-19)24(4)32(5,27)28)22(26)23-17-9-15-20(16-10-17)33(29,30)25(7-2)8-3/h9-16,21H,6-8H2,1-5H3,(H,23,26). The summed E-state index contributed by atoms with van der Waals surface area (Å²) < 4.78 is 56.8. The fourth-order valence-electron chi connectivity index (χ4n) is 3.06. The van der Waals surface area contributed by atoms with E-state index in [1.54, 1.807) is 45.0 Å². The first kappa shape index (κ1) is 26.6. The molecule has 1 N–H and O–H groups in total. The van der Waals surface area contributed by atoms with Crippen LogP contribution in [-0.4, -0.2) is 59.5 Å². The minimum absolute atomic E-state index is 0.159. The Morgan fingerprint density at radius 2 is 1.48 bits per heavy atom. The molecule has 0 aliphatic carbocycles. The second-order valence-electron chi connectivity index (χ2n) is 7.34. The molecule has 0 aliphatic rings. The Kier molecular flexibility index (Phi) is 8.87. The molecule has 2 rings (SSSR count). The average molecular weight is 498 g/mol. The van der Waals surface area contributed by atoms with Crippen LogP contribution < -0.4 is 14.4 Å². The van der Waals surface area contributed by atoms with E-state index in [0.717, 1.165) is 10.6 Å². The van der Waals surface area contributed by atoms with Crippen LogP contribution in [0.2, 0.25) is 0 Å². The summed E-state index contributed by atoms with van der Waals surface area (Å²) in [5.41, 5.74) is 0.924. The maximum absolute atomic E-state index is 12.7. The summed E-state index contributed by atoms with van der Waals surface area (Å²) in [7, 11) is -5.50. The fraction of sp³-hybridized carbons (Fsp3) is 0.409. The molecule has 0 saturated carbocycles. The Balaban J connectivity index is 2.08. The molecule has 9 nitrogen and oxygen atoms in total. The quantitative estimate of drug-likeness (QED) is 0.511. The van der Waals surface area contributed by atoms with E-state index in [0.29, 0.717) is 36.6 Å². The smallest absolute Gasteiger partial charge is 0.265 e. The first-order chi connectivity index (χ1) is 15.4. The normalized spacial score (nSPS) is 12.9. The zero-order valence-electron chi connectivity index (χ0n) is 19.5. The monoisotopic (exact) mass is 497 g/mol. The van der Waals surface area contributed by atoms with Gasteiger partial charge in [0, 0.05) is 25.8 Å². The van der Waals surface area contributed by atoms with Gasteiger partial charge in [-0.25, -0.2) is 16.8 Å². The lowest BCUT2D eigenvalue weighted by Crippen LogP contribution is -2.32. The lowest BCUT2D eigenvalue weighted by molar-refractivity contribution is -0.122. The molecule has 1 amide bonds. The SMILES string of the molecule is CCC(Oc1ccc(N(C)S(C)(=O)=O)cc1)C(=O)Nc1ccc(S(=O)(=O)N(CC)CC)cc1. The van der Waals surface area contributed by atoms with E-state index in [-0.39, 0.29) is 10.8 Å². The van der Waals surface area contributed by atoms with E-state index < -0.39 is 26.2 Å². The van der Waals surface area contributed by atoms with E-state index in [2.05, 4.69) is 5.32 Å². The molecular weight excluding hydrogens is 466 g/mol. The number of benzene rings is 2. The molecular formula is C22H31N3O6S2. The first-order valence-electron chi connectivity index (χ1n) is 10.6. The van der Waals surface area contributed by atoms with Crippen LogP contribution in [0.15, 0.2) is 53.4 Å². The van der Waals surface area contributed by atoms with E-state index in [1.165, 1.54) is 35.6 Å². The summed E-state index contributed by atoms with van der Waals surface area (Å²) in [6.07, 6.45) is 0.716. The number of anilines is 2. The molecule has 1 atom stereocenters. The largest absolute Gasteiger partial charge is 0.481 e. The van der Waals surface area contributed by atoms with Gasteiger partial charge in [0.15, 0.2) is 6.10 Å². The van der Waals surface area contributed by atoms with Crippen molar-refractivity contribution < 1.29 is 26.4 Å². The molecule has 0 aromatic heterocycles. The Morgan fingerprint density at radius 3 is 1.94 bits per heavy atom. The van der Waals surface area contributed by atoms with E-state index >= 15 is 0 Å². The van der Waals surface area contributed by atoms with Crippen molar-refractivity contribution in [3.63, 3.8) is 0 Å². The zero-order chi connectivity index (χ0) is 24.8. The highest BCUT2D eigenvalue weighted by Gasteiger charge is 2.22. The minimum Gasteiger partial charge on any atom is -0.481 e. The van der Waals surface area contributed by atoms with Crippen LogP contribution >= 0.6 is 0 Å². The molecule has 1 unspecified atom stereocenters. The number of hydrogen-bond donors (Lipinski definition) is 1. The van der Waals surface area contributed by atoms with Gasteiger partial charge in [0.05, 0.1) is 16.8 Å². The molecule has 0 spiro atoms. The third kappa shape index (κ3) is 6.68. The van der Waals surface area contributed by atoms with E-state index in [4.69, 9.17) is 4.74 Å². The van der Waals surface area contributed by atoms with Crippen LogP contribution in [0.4, 0.5) is 11.4 Å². The van der Waals surface area contributed by atoms with Crippen LogP contribution in [0, 0.1) is 0 Å². The van der Waals surface area contributed by atoms with Crippen molar-refractivity contribution in [2.75, 3.05) is 36.0 Å². The van der Waals surface area contributed by atoms with Crippen molar-refractivity contribution in [2.24, 2.45) is 0 Å². The van der Waals surface area contributed by atoms with Crippen LogP contribution in [0.5, 0.6) is 5.75 Å². The minimum atomic E-state index is -3.57. The van der Waals surface area contributed by atoms with Crippen molar-refractivity contribution in [1.29, 1.82) is 0 Å². The van der Waals surface area contributed by atoms with Crippen molar-refractivity contribution in [3.05, 3.63) is 48.5 Å². The molecule has 0 fully saturated rings. The molecule has 0 aliphatic heterocycles. The highest BCUT2D eigenvalue weighted by atomic mass is 32.2. The Bertz CT molecular complexity index is 1140. The summed E-state index contributed by atoms with van der Waals surface area (Å²) in [6, 6.07) is 12.4. The van der Waals surface area contributed by atoms with Crippen molar-refractivity contribution in [3.8, 4) is 5.75 Å². The zero-order valence-corrected chi connectivity index (χ0v) is 21.1. The number of nitrogens with one attached hydrogen (secondary N) is 1. The number of amides is 1. The van der Waals surface area contributed by atoms with Gasteiger partial charge in [-0.1, -0.05) is 20.8 Å². The van der Waals surface area contributed by atoms with E-state index in [1.807, 2.05) is 0 Å². The summed E-state index contributed by atoms with van der Waals surface area (Å²) in [5.74, 6) is 0.0393. The third-order valence-electron chi connectivity index (χ3n) is 5.10. The van der Waals surface area contributed by atoms with Crippen LogP contribution in [-0.2, 0) is 24.8 Å². The molecule has 0 bridgehead atoms. The number of ether oxygens (including phenoxy) is 1. The van der Waals surface area contributed by atoms with Crippen molar-refractivity contribution >= 4 is 37.3 Å². The number of hydrogen-bond acceptors (Lipinski definition) is 6. The highest BCUT2D eigenvalue weighted by Crippen LogP contribution is 2.22. The number of carbonyl (C=O) groups is 1. The Labute approximate surface area is 196 Å². The van der Waals surface area contributed by atoms with Crippen LogP contribution in [0.3, 0.4) is 0 Å². The number of rotatable bonds is 11. The second-order valence-corrected chi connectivity index (χ2v) is 11.3. The van der Waals surface area contributed by atoms with Gasteiger partial charge >= 0.3 is 0 Å². The molecule has 11 heteroatoms. The molecule has 2 aromatic rings. The Hall–Kier alpha value is -2.63. The van der Waals surface area contributed by atoms with Gasteiger partial charge in [-0.05, 0) is 55.0 Å². The summed E-state index contributed by atoms with van der Waals surface area (Å²) in [6.45, 7) is 6.10. The number of nitrogens with zero attached hydrogens (tertiary/aromatic N) is 2. The van der Waals surface area contributed by atoms with Gasteiger partial charge in [-0.3, -0.25) is 9.10 Å². The van der Waals surface area contributed by atoms with Crippen LogP contribution in [0.25, 0.3) is 0 Å². The summed E-state index contributed by atoms with van der Waals surface area (Å²) in [5, 5.41) is 2.74. The van der Waals surface area contributed by atoms with Gasteiger partial charge in [-0.2, -0.15) is 4.31 Å². The lowest BCUT2D eigenvalue weighted by Gasteiger charge is -2.20. The van der Waals surface area contributed by atoms with Crippen molar-refractivity contribution in [2.45, 2.75) is 38.2 Å². The molecule has 182 valence electrons. The van der Waals surface area contributed by atoms with Gasteiger partial charge in [0.2, 0.25) is 20.0 Å². The number of sulfonamides is 2. The number of carbonyl (C=O) groups excluding carboxylic acids is 1. The van der Waals surface area contributed by atoms with Crippen molar-refractivity contribution in [1.82, 2.24) is 4.31 Å². The average Bonchev–Trinajstić information content (AvgIpc) is 2.77. The molecule has 2 aromatic carbocycles. The molecule has 0 heterocycles. The summed E-state index contributed by atoms with van der Waals surface area (Å²) >= 11 is 0. The van der Waals surface area contributed by atoms with E-state index in [9.17, 15) is 21.6 Å². The van der Waals surface area contributed by atoms with Gasteiger partial charge < -0.3 is 10.1 Å². The summed E-state index contributed by atoms with van der Waals surface area (Å²) in [4.78, 5) is 12.8. The predicted molar refractivity (Wildman–Crippen MR) is 130 cm³/mol. The maximum atomic E-state index is 12.7. The van der Waals surface area contributed by atoms with Gasteiger partial charge in [0.1, 0.15) is 5.75 Å². The molecule has 0 radical (unpaired) electrons. The van der Waals surface area contributed by atoms with Gasteiger partial charge in [-0.15, -0.1) is 0 Å². The molecule has 0 saturated heterocycles. The Morgan fingerprint density at radius 1 is 0.939 bits per heavy atom. The first-order valence-corrected chi connectivity index (χ1v) is 13.8. The lowest BCUT2D eigenvalue weighted by atomic mass is 10.2.